The minimum absolute atomic E-state index is 0.0150. The molecule has 0 aliphatic heterocycles. The van der Waals surface area contributed by atoms with Crippen LogP contribution in [0.4, 0.5) is 0 Å². The first kappa shape index (κ1) is 12.9. The molecule has 80 valence electrons. The molecule has 13 heavy (non-hydrogen) atoms. The monoisotopic (exact) mass is 188 g/mol. The van der Waals surface area contributed by atoms with Gasteiger partial charge in [-0.2, -0.15) is 0 Å². The summed E-state index contributed by atoms with van der Waals surface area (Å²) in [6.45, 7) is 11.1. The summed E-state index contributed by atoms with van der Waals surface area (Å²) >= 11 is 0. The molecule has 0 saturated carbocycles. The highest BCUT2D eigenvalue weighted by atomic mass is 16.5. The fraction of sp³-hybridized carbons (Fsp3) is 1.00. The van der Waals surface area contributed by atoms with E-state index < -0.39 is 0 Å². The third-order valence-corrected chi connectivity index (χ3v) is 2.14. The second kappa shape index (κ2) is 6.39. The van der Waals surface area contributed by atoms with Crippen LogP contribution in [0.5, 0.6) is 0 Å². The summed E-state index contributed by atoms with van der Waals surface area (Å²) in [6.07, 6.45) is 0.682. The molecule has 1 N–H and O–H groups in total. The van der Waals surface area contributed by atoms with Gasteiger partial charge in [0.05, 0.1) is 12.2 Å². The minimum atomic E-state index is -0.368. The van der Waals surface area contributed by atoms with Crippen molar-refractivity contribution in [1.82, 2.24) is 0 Å². The predicted molar refractivity (Wildman–Crippen MR) is 55.7 cm³/mol. The maximum absolute atomic E-state index is 9.42. The molecule has 0 heterocycles. The molecular formula is C11H24O2. The van der Waals surface area contributed by atoms with E-state index in [1.54, 1.807) is 6.92 Å². The van der Waals surface area contributed by atoms with Crippen molar-refractivity contribution < 1.29 is 9.84 Å². The van der Waals surface area contributed by atoms with Gasteiger partial charge >= 0.3 is 0 Å². The van der Waals surface area contributed by atoms with Crippen molar-refractivity contribution in [3.8, 4) is 0 Å². The number of aliphatic hydroxyl groups is 1. The van der Waals surface area contributed by atoms with E-state index in [0.717, 1.165) is 13.0 Å². The molecule has 0 aromatic rings. The summed E-state index contributed by atoms with van der Waals surface area (Å²) in [6, 6.07) is 0. The fourth-order valence-electron chi connectivity index (χ4n) is 1.33. The molecule has 0 fully saturated rings. The Morgan fingerprint density at radius 3 is 1.92 bits per heavy atom. The van der Waals surface area contributed by atoms with Crippen LogP contribution in [0.3, 0.4) is 0 Å². The van der Waals surface area contributed by atoms with Crippen molar-refractivity contribution >= 4 is 0 Å². The number of hydrogen-bond donors (Lipinski definition) is 1. The van der Waals surface area contributed by atoms with Gasteiger partial charge in [0, 0.05) is 6.61 Å². The Morgan fingerprint density at radius 1 is 1.08 bits per heavy atom. The number of aliphatic hydroxyl groups excluding tert-OH is 1. The molecule has 2 heteroatoms. The van der Waals surface area contributed by atoms with Gasteiger partial charge in [-0.1, -0.05) is 27.7 Å². The molecule has 2 nitrogen and oxygen atoms in total. The van der Waals surface area contributed by atoms with Gasteiger partial charge in [0.1, 0.15) is 0 Å². The van der Waals surface area contributed by atoms with Gasteiger partial charge in [-0.05, 0) is 25.2 Å². The summed E-state index contributed by atoms with van der Waals surface area (Å²) in [5.41, 5.74) is 0. The summed E-state index contributed by atoms with van der Waals surface area (Å²) in [5.74, 6) is 1.05. The van der Waals surface area contributed by atoms with Gasteiger partial charge in [0.2, 0.25) is 0 Å². The highest BCUT2D eigenvalue weighted by Crippen LogP contribution is 2.12. The molecule has 0 aliphatic carbocycles. The Morgan fingerprint density at radius 2 is 1.62 bits per heavy atom. The van der Waals surface area contributed by atoms with Gasteiger partial charge in [-0.15, -0.1) is 0 Å². The molecule has 0 saturated heterocycles. The smallest absolute Gasteiger partial charge is 0.0853 e. The molecule has 0 aliphatic rings. The lowest BCUT2D eigenvalue weighted by molar-refractivity contribution is -0.0565. The van der Waals surface area contributed by atoms with E-state index in [1.165, 1.54) is 0 Å². The van der Waals surface area contributed by atoms with Crippen molar-refractivity contribution in [2.24, 2.45) is 11.8 Å². The first-order chi connectivity index (χ1) is 5.95. The van der Waals surface area contributed by atoms with Crippen molar-refractivity contribution in [2.45, 2.75) is 53.2 Å². The van der Waals surface area contributed by atoms with E-state index in [4.69, 9.17) is 4.74 Å². The van der Waals surface area contributed by atoms with Gasteiger partial charge in [0.15, 0.2) is 0 Å². The number of ether oxygens (including phenoxy) is 1. The predicted octanol–water partition coefficient (Wildman–Crippen LogP) is 2.45. The molecule has 0 amide bonds. The number of hydrogen-bond acceptors (Lipinski definition) is 2. The van der Waals surface area contributed by atoms with Crippen LogP contribution >= 0.6 is 0 Å². The van der Waals surface area contributed by atoms with Crippen molar-refractivity contribution in [2.75, 3.05) is 6.61 Å². The molecule has 0 aromatic carbocycles. The average molecular weight is 188 g/mol. The van der Waals surface area contributed by atoms with Crippen LogP contribution in [0.1, 0.15) is 41.0 Å². The van der Waals surface area contributed by atoms with Crippen LogP contribution in [-0.2, 0) is 4.74 Å². The summed E-state index contributed by atoms with van der Waals surface area (Å²) in [5, 5.41) is 9.42. The second-order valence-electron chi connectivity index (χ2n) is 4.50. The molecule has 2 unspecified atom stereocenters. The molecular weight excluding hydrogens is 164 g/mol. The van der Waals surface area contributed by atoms with Gasteiger partial charge in [-0.3, -0.25) is 0 Å². The van der Waals surface area contributed by atoms with Crippen LogP contribution in [0.2, 0.25) is 0 Å². The van der Waals surface area contributed by atoms with Gasteiger partial charge in [0.25, 0.3) is 0 Å². The Balaban J connectivity index is 3.70. The topological polar surface area (TPSA) is 29.5 Å². The SMILES string of the molecule is CC(C)CCOC(C(C)C)C(C)O. The van der Waals surface area contributed by atoms with Crippen molar-refractivity contribution in [1.29, 1.82) is 0 Å². The minimum Gasteiger partial charge on any atom is -0.391 e. The second-order valence-corrected chi connectivity index (χ2v) is 4.50. The van der Waals surface area contributed by atoms with E-state index in [2.05, 4.69) is 27.7 Å². The molecule has 0 spiro atoms. The van der Waals surface area contributed by atoms with Crippen LogP contribution < -0.4 is 0 Å². The van der Waals surface area contributed by atoms with Gasteiger partial charge in [-0.25, -0.2) is 0 Å². The van der Waals surface area contributed by atoms with Crippen molar-refractivity contribution in [3.05, 3.63) is 0 Å². The normalized spacial score (nSPS) is 16.6. The van der Waals surface area contributed by atoms with Crippen LogP contribution in [0.15, 0.2) is 0 Å². The third-order valence-electron chi connectivity index (χ3n) is 2.14. The van der Waals surface area contributed by atoms with Crippen LogP contribution in [0, 0.1) is 11.8 Å². The maximum Gasteiger partial charge on any atom is 0.0853 e. The van der Waals surface area contributed by atoms with Crippen molar-refractivity contribution in [3.63, 3.8) is 0 Å². The lowest BCUT2D eigenvalue weighted by atomic mass is 10.0. The van der Waals surface area contributed by atoms with E-state index in [0.29, 0.717) is 11.8 Å². The highest BCUT2D eigenvalue weighted by Gasteiger charge is 2.19. The lowest BCUT2D eigenvalue weighted by Gasteiger charge is -2.24. The Kier molecular flexibility index (Phi) is 6.35. The van der Waals surface area contributed by atoms with E-state index >= 15 is 0 Å². The third kappa shape index (κ3) is 6.05. The van der Waals surface area contributed by atoms with E-state index in [-0.39, 0.29) is 12.2 Å². The standard InChI is InChI=1S/C11H24O2/c1-8(2)6-7-13-11(9(3)4)10(5)12/h8-12H,6-7H2,1-5H3. The first-order valence-electron chi connectivity index (χ1n) is 5.24. The van der Waals surface area contributed by atoms with E-state index in [1.807, 2.05) is 0 Å². The molecule has 2 atom stereocenters. The van der Waals surface area contributed by atoms with E-state index in [9.17, 15) is 5.11 Å². The Hall–Kier alpha value is -0.0800. The zero-order valence-electron chi connectivity index (χ0n) is 9.58. The fourth-order valence-corrected chi connectivity index (χ4v) is 1.33. The van der Waals surface area contributed by atoms with Crippen LogP contribution in [0.25, 0.3) is 0 Å². The summed E-state index contributed by atoms with van der Waals surface area (Å²) < 4.78 is 5.63. The zero-order chi connectivity index (χ0) is 10.4. The summed E-state index contributed by atoms with van der Waals surface area (Å²) in [7, 11) is 0. The average Bonchev–Trinajstić information content (AvgIpc) is 1.95. The Labute approximate surface area is 82.3 Å². The maximum atomic E-state index is 9.42. The Bertz CT molecular complexity index is 111. The largest absolute Gasteiger partial charge is 0.391 e. The first-order valence-corrected chi connectivity index (χ1v) is 5.24. The highest BCUT2D eigenvalue weighted by molar-refractivity contribution is 4.68. The molecule has 0 bridgehead atoms. The quantitative estimate of drug-likeness (QED) is 0.694. The lowest BCUT2D eigenvalue weighted by Crippen LogP contribution is -2.32. The van der Waals surface area contributed by atoms with Gasteiger partial charge < -0.3 is 9.84 Å². The van der Waals surface area contributed by atoms with Crippen LogP contribution in [-0.4, -0.2) is 23.9 Å². The molecule has 0 radical (unpaired) electrons. The number of rotatable bonds is 6. The molecule has 0 aromatic heterocycles. The summed E-state index contributed by atoms with van der Waals surface area (Å²) in [4.78, 5) is 0. The molecule has 0 rings (SSSR count). The zero-order valence-corrected chi connectivity index (χ0v) is 9.58.